The first kappa shape index (κ1) is 18.3. The van der Waals surface area contributed by atoms with Crippen molar-refractivity contribution < 1.29 is 13.2 Å². The molecule has 0 aliphatic carbocycles. The van der Waals surface area contributed by atoms with Crippen molar-refractivity contribution in [3.05, 3.63) is 107 Å². The van der Waals surface area contributed by atoms with Crippen LogP contribution in [0.4, 0.5) is 13.2 Å². The van der Waals surface area contributed by atoms with Crippen LogP contribution in [0.1, 0.15) is 40.9 Å². The smallest absolute Gasteiger partial charge is 0.360 e. The normalized spacial score (nSPS) is 16.5. The van der Waals surface area contributed by atoms with Crippen LogP contribution in [0.3, 0.4) is 0 Å². The molecule has 28 heavy (non-hydrogen) atoms. The number of hydrogen-bond donors (Lipinski definition) is 0. The molecule has 3 aromatic rings. The van der Waals surface area contributed by atoms with E-state index in [1.807, 2.05) is 49.4 Å². The van der Waals surface area contributed by atoms with Crippen LogP contribution in [0.2, 0.25) is 0 Å². The van der Waals surface area contributed by atoms with Gasteiger partial charge in [-0.05, 0) is 41.8 Å². The number of hydrogen-bond acceptors (Lipinski definition) is 2. The highest BCUT2D eigenvalue weighted by Crippen LogP contribution is 2.39. The minimum Gasteiger partial charge on any atom is -0.360 e. The van der Waals surface area contributed by atoms with Gasteiger partial charge in [-0.2, -0.15) is 13.2 Å². The fraction of sp³-hybridized carbons (Fsp3) is 0.174. The highest BCUT2D eigenvalue weighted by atomic mass is 19.4. The van der Waals surface area contributed by atoms with Gasteiger partial charge < -0.3 is 4.90 Å². The van der Waals surface area contributed by atoms with Crippen LogP contribution in [0.25, 0.3) is 5.57 Å². The topological polar surface area (TPSA) is 16.1 Å². The maximum atomic E-state index is 13.0. The van der Waals surface area contributed by atoms with E-state index < -0.39 is 11.7 Å². The largest absolute Gasteiger partial charge is 0.416 e. The molecule has 0 amide bonds. The molecule has 2 nitrogen and oxygen atoms in total. The average molecular weight is 380 g/mol. The van der Waals surface area contributed by atoms with Crippen molar-refractivity contribution in [2.24, 2.45) is 0 Å². The minimum atomic E-state index is -4.35. The Morgan fingerprint density at radius 3 is 2.32 bits per heavy atom. The number of halogens is 3. The minimum absolute atomic E-state index is 0.248. The molecular formula is C23H19F3N2. The lowest BCUT2D eigenvalue weighted by atomic mass is 9.91. The zero-order valence-electron chi connectivity index (χ0n) is 15.3. The molecular weight excluding hydrogens is 361 g/mol. The summed E-state index contributed by atoms with van der Waals surface area (Å²) in [5, 5.41) is 0. The summed E-state index contributed by atoms with van der Waals surface area (Å²) >= 11 is 0. The van der Waals surface area contributed by atoms with Gasteiger partial charge in [0.25, 0.3) is 0 Å². The van der Waals surface area contributed by atoms with Crippen molar-refractivity contribution in [1.82, 2.24) is 9.88 Å². The average Bonchev–Trinajstić information content (AvgIpc) is 2.69. The van der Waals surface area contributed by atoms with Crippen molar-refractivity contribution in [3.8, 4) is 0 Å². The SMILES string of the molecule is CC1=CN(Cc2ccccc2)C(c2ccc(C(F)(F)F)cc2)c2ncccc21. The van der Waals surface area contributed by atoms with Crippen molar-refractivity contribution in [2.75, 3.05) is 0 Å². The molecule has 2 heterocycles. The molecule has 0 N–H and O–H groups in total. The summed E-state index contributed by atoms with van der Waals surface area (Å²) in [6, 6.07) is 19.0. The second-order valence-corrected chi connectivity index (χ2v) is 6.93. The zero-order valence-corrected chi connectivity index (χ0v) is 15.3. The molecule has 1 unspecified atom stereocenters. The van der Waals surface area contributed by atoms with Crippen LogP contribution in [0.5, 0.6) is 0 Å². The Morgan fingerprint density at radius 1 is 0.929 bits per heavy atom. The van der Waals surface area contributed by atoms with E-state index in [9.17, 15) is 13.2 Å². The third kappa shape index (κ3) is 3.52. The van der Waals surface area contributed by atoms with Gasteiger partial charge >= 0.3 is 6.18 Å². The van der Waals surface area contributed by atoms with E-state index in [2.05, 4.69) is 16.1 Å². The number of alkyl halides is 3. The molecule has 0 fully saturated rings. The highest BCUT2D eigenvalue weighted by Gasteiger charge is 2.32. The molecule has 1 aliphatic rings. The fourth-order valence-electron chi connectivity index (χ4n) is 3.65. The van der Waals surface area contributed by atoms with Gasteiger partial charge in [-0.25, -0.2) is 0 Å². The molecule has 142 valence electrons. The monoisotopic (exact) mass is 380 g/mol. The van der Waals surface area contributed by atoms with Crippen LogP contribution >= 0.6 is 0 Å². The van der Waals surface area contributed by atoms with E-state index in [4.69, 9.17) is 0 Å². The third-order valence-electron chi connectivity index (χ3n) is 4.98. The molecule has 1 aliphatic heterocycles. The number of aromatic nitrogens is 1. The Balaban J connectivity index is 1.78. The second kappa shape index (κ2) is 7.15. The highest BCUT2D eigenvalue weighted by molar-refractivity contribution is 5.68. The van der Waals surface area contributed by atoms with Gasteiger partial charge in [-0.15, -0.1) is 0 Å². The van der Waals surface area contributed by atoms with Crippen LogP contribution < -0.4 is 0 Å². The van der Waals surface area contributed by atoms with E-state index in [1.165, 1.54) is 0 Å². The summed E-state index contributed by atoms with van der Waals surface area (Å²) in [6.07, 6.45) is -0.546. The third-order valence-corrected chi connectivity index (χ3v) is 4.98. The summed E-state index contributed by atoms with van der Waals surface area (Å²) in [5.41, 5.74) is 4.24. The lowest BCUT2D eigenvalue weighted by Crippen LogP contribution is -2.29. The summed E-state index contributed by atoms with van der Waals surface area (Å²) < 4.78 is 39.0. The standard InChI is InChI=1S/C23H19F3N2/c1-16-14-28(15-17-6-3-2-4-7-17)22(21-20(16)8-5-13-27-21)18-9-11-19(12-10-18)23(24,25)26/h2-14,22H,15H2,1H3. The Bertz CT molecular complexity index is 992. The van der Waals surface area contributed by atoms with Gasteiger partial charge in [-0.3, -0.25) is 4.98 Å². The predicted molar refractivity (Wildman–Crippen MR) is 103 cm³/mol. The quantitative estimate of drug-likeness (QED) is 0.548. The number of fused-ring (bicyclic) bond motifs is 1. The maximum Gasteiger partial charge on any atom is 0.416 e. The number of nitrogens with zero attached hydrogens (tertiary/aromatic N) is 2. The van der Waals surface area contributed by atoms with Gasteiger partial charge in [0.1, 0.15) is 0 Å². The molecule has 2 aromatic carbocycles. The number of pyridine rings is 1. The van der Waals surface area contributed by atoms with E-state index in [1.54, 1.807) is 18.3 Å². The van der Waals surface area contributed by atoms with Crippen molar-refractivity contribution in [3.63, 3.8) is 0 Å². The fourth-order valence-corrected chi connectivity index (χ4v) is 3.65. The Kier molecular flexibility index (Phi) is 4.67. The summed E-state index contributed by atoms with van der Waals surface area (Å²) in [6.45, 7) is 2.67. The van der Waals surface area contributed by atoms with Crippen LogP contribution in [-0.2, 0) is 12.7 Å². The first-order valence-electron chi connectivity index (χ1n) is 9.04. The predicted octanol–water partition coefficient (Wildman–Crippen LogP) is 6.07. The first-order chi connectivity index (χ1) is 13.4. The number of allylic oxidation sites excluding steroid dienone is 1. The summed E-state index contributed by atoms with van der Waals surface area (Å²) in [4.78, 5) is 6.73. The molecule has 0 saturated carbocycles. The molecule has 0 radical (unpaired) electrons. The molecule has 1 aromatic heterocycles. The van der Waals surface area contributed by atoms with E-state index in [0.717, 1.165) is 40.1 Å². The second-order valence-electron chi connectivity index (χ2n) is 6.93. The summed E-state index contributed by atoms with van der Waals surface area (Å²) in [7, 11) is 0. The number of benzene rings is 2. The molecule has 5 heteroatoms. The van der Waals surface area contributed by atoms with Crippen molar-refractivity contribution >= 4 is 5.57 Å². The maximum absolute atomic E-state index is 13.0. The lowest BCUT2D eigenvalue weighted by Gasteiger charge is -2.36. The molecule has 1 atom stereocenters. The molecule has 0 spiro atoms. The Morgan fingerprint density at radius 2 is 1.64 bits per heavy atom. The molecule has 0 saturated heterocycles. The van der Waals surface area contributed by atoms with E-state index in [0.29, 0.717) is 6.54 Å². The zero-order chi connectivity index (χ0) is 19.7. The van der Waals surface area contributed by atoms with Crippen LogP contribution in [0.15, 0.2) is 79.1 Å². The molecule has 4 rings (SSSR count). The molecule has 0 bridgehead atoms. The van der Waals surface area contributed by atoms with Crippen molar-refractivity contribution in [1.29, 1.82) is 0 Å². The van der Waals surface area contributed by atoms with Gasteiger partial charge in [-0.1, -0.05) is 48.5 Å². The Hall–Kier alpha value is -3.08. The first-order valence-corrected chi connectivity index (χ1v) is 9.04. The van der Waals surface area contributed by atoms with Crippen molar-refractivity contribution in [2.45, 2.75) is 25.7 Å². The summed E-state index contributed by atoms with van der Waals surface area (Å²) in [5.74, 6) is 0. The van der Waals surface area contributed by atoms with Gasteiger partial charge in [0.2, 0.25) is 0 Å². The van der Waals surface area contributed by atoms with Gasteiger partial charge in [0.15, 0.2) is 0 Å². The van der Waals surface area contributed by atoms with Crippen LogP contribution in [0, 0.1) is 0 Å². The van der Waals surface area contributed by atoms with Gasteiger partial charge in [0.05, 0.1) is 17.3 Å². The van der Waals surface area contributed by atoms with Crippen LogP contribution in [-0.4, -0.2) is 9.88 Å². The Labute approximate surface area is 162 Å². The number of rotatable bonds is 3. The van der Waals surface area contributed by atoms with E-state index in [-0.39, 0.29) is 6.04 Å². The van der Waals surface area contributed by atoms with E-state index >= 15 is 0 Å². The lowest BCUT2D eigenvalue weighted by molar-refractivity contribution is -0.137. The van der Waals surface area contributed by atoms with Gasteiger partial charge in [0, 0.05) is 24.5 Å².